The van der Waals surface area contributed by atoms with Crippen LogP contribution in [0.5, 0.6) is 0 Å². The number of benzene rings is 3. The van der Waals surface area contributed by atoms with Gasteiger partial charge < -0.3 is 15.7 Å². The van der Waals surface area contributed by atoms with Crippen molar-refractivity contribution in [1.82, 2.24) is 20.1 Å². The summed E-state index contributed by atoms with van der Waals surface area (Å²) in [5.74, 6) is 0.417. The van der Waals surface area contributed by atoms with Crippen molar-refractivity contribution in [1.29, 1.82) is 0 Å². The average molecular weight is 518 g/mol. The summed E-state index contributed by atoms with van der Waals surface area (Å²) in [4.78, 5) is 4.25. The summed E-state index contributed by atoms with van der Waals surface area (Å²) < 4.78 is 39.7. The minimum atomic E-state index is -4.39. The third-order valence-electron chi connectivity index (χ3n) is 5.11. The molecule has 1 aromatic heterocycles. The fourth-order valence-electron chi connectivity index (χ4n) is 3.28. The number of rotatable bonds is 6. The Morgan fingerprint density at radius 2 is 1.66 bits per heavy atom. The van der Waals surface area contributed by atoms with E-state index in [4.69, 9.17) is 23.8 Å². The lowest BCUT2D eigenvalue weighted by Crippen LogP contribution is -2.34. The topological polar surface area (TPSA) is 75.0 Å². The van der Waals surface area contributed by atoms with Gasteiger partial charge in [-0.25, -0.2) is 9.67 Å². The van der Waals surface area contributed by atoms with E-state index >= 15 is 0 Å². The van der Waals surface area contributed by atoms with Gasteiger partial charge >= 0.3 is 6.18 Å². The number of anilines is 1. The van der Waals surface area contributed by atoms with Crippen LogP contribution in [0, 0.1) is 0 Å². The summed E-state index contributed by atoms with van der Waals surface area (Å²) in [6.07, 6.45) is -2.95. The molecule has 1 heterocycles. The number of aromatic nitrogens is 3. The van der Waals surface area contributed by atoms with E-state index in [2.05, 4.69) is 20.7 Å². The Morgan fingerprint density at radius 3 is 2.26 bits per heavy atom. The maximum absolute atomic E-state index is 12.8. The van der Waals surface area contributed by atoms with Crippen molar-refractivity contribution in [2.24, 2.45) is 0 Å². The van der Waals surface area contributed by atoms with Gasteiger partial charge in [0.2, 0.25) is 0 Å². The second-order valence-corrected chi connectivity index (χ2v) is 8.36. The molecule has 0 fully saturated rings. The van der Waals surface area contributed by atoms with E-state index in [1.54, 1.807) is 36.4 Å². The first-order valence-electron chi connectivity index (χ1n) is 10.4. The number of nitrogens with one attached hydrogen (secondary N) is 2. The lowest BCUT2D eigenvalue weighted by atomic mass is 10.1. The maximum Gasteiger partial charge on any atom is 0.416 e. The SMILES string of the molecule is OCC(NC(=S)Nc1ccc(-c2ncn(-c3ccc(C(F)(F)F)cc3)n2)cc1)c1ccc(Cl)cc1. The first kappa shape index (κ1) is 24.6. The van der Waals surface area contributed by atoms with Crippen LogP contribution in [0.4, 0.5) is 18.9 Å². The second-order valence-electron chi connectivity index (χ2n) is 7.52. The molecule has 0 radical (unpaired) electrons. The maximum atomic E-state index is 12.8. The van der Waals surface area contributed by atoms with Crippen LogP contribution in [0.15, 0.2) is 79.1 Å². The molecular weight excluding hydrogens is 499 g/mol. The number of hydrogen-bond acceptors (Lipinski definition) is 4. The van der Waals surface area contributed by atoms with Gasteiger partial charge in [-0.1, -0.05) is 23.7 Å². The van der Waals surface area contributed by atoms with Gasteiger partial charge in [0.05, 0.1) is 23.9 Å². The molecule has 1 atom stereocenters. The summed E-state index contributed by atoms with van der Waals surface area (Å²) in [7, 11) is 0. The molecule has 4 rings (SSSR count). The summed E-state index contributed by atoms with van der Waals surface area (Å²) in [5, 5.41) is 21.1. The van der Waals surface area contributed by atoms with E-state index in [1.165, 1.54) is 23.1 Å². The summed E-state index contributed by atoms with van der Waals surface area (Å²) in [5.41, 5.74) is 2.00. The predicted octanol–water partition coefficient (Wildman–Crippen LogP) is 5.63. The largest absolute Gasteiger partial charge is 0.416 e. The number of thiocarbonyl (C=S) groups is 1. The Bertz CT molecular complexity index is 1290. The molecule has 0 saturated carbocycles. The molecule has 1 unspecified atom stereocenters. The van der Waals surface area contributed by atoms with Gasteiger partial charge in [-0.2, -0.15) is 13.2 Å². The molecule has 0 aliphatic rings. The van der Waals surface area contributed by atoms with Crippen molar-refractivity contribution >= 4 is 34.6 Å². The first-order chi connectivity index (χ1) is 16.7. The molecule has 0 saturated heterocycles. The van der Waals surface area contributed by atoms with Crippen LogP contribution < -0.4 is 10.6 Å². The Morgan fingerprint density at radius 1 is 1.00 bits per heavy atom. The van der Waals surface area contributed by atoms with E-state index in [0.29, 0.717) is 27.3 Å². The summed E-state index contributed by atoms with van der Waals surface area (Å²) >= 11 is 11.3. The molecule has 0 aliphatic heterocycles. The highest BCUT2D eigenvalue weighted by atomic mass is 35.5. The standard InChI is InChI=1S/C24H19ClF3N5OS/c25-18-7-1-15(2-8-18)21(13-34)31-23(35)30-19-9-3-16(4-10-19)22-29-14-33(32-22)20-11-5-17(6-12-20)24(26,27)28/h1-12,14,21,34H,13H2,(H2,30,31,35). The fraction of sp³-hybridized carbons (Fsp3) is 0.125. The Hall–Kier alpha value is -3.47. The molecule has 0 amide bonds. The van der Waals surface area contributed by atoms with Crippen molar-refractivity contribution in [2.45, 2.75) is 12.2 Å². The minimum absolute atomic E-state index is 0.157. The first-order valence-corrected chi connectivity index (χ1v) is 11.1. The van der Waals surface area contributed by atoms with Gasteiger partial charge in [0, 0.05) is 16.3 Å². The highest BCUT2D eigenvalue weighted by Crippen LogP contribution is 2.29. The molecule has 3 aromatic carbocycles. The predicted molar refractivity (Wildman–Crippen MR) is 132 cm³/mol. The quantitative estimate of drug-likeness (QED) is 0.288. The van der Waals surface area contributed by atoms with E-state index in [-0.39, 0.29) is 6.61 Å². The third-order valence-corrected chi connectivity index (χ3v) is 5.58. The van der Waals surface area contributed by atoms with Crippen LogP contribution in [-0.4, -0.2) is 31.6 Å². The number of nitrogens with zero attached hydrogens (tertiary/aromatic N) is 3. The van der Waals surface area contributed by atoms with Crippen LogP contribution >= 0.6 is 23.8 Å². The highest BCUT2D eigenvalue weighted by Gasteiger charge is 2.30. The van der Waals surface area contributed by atoms with Crippen molar-refractivity contribution in [2.75, 3.05) is 11.9 Å². The number of hydrogen-bond donors (Lipinski definition) is 3. The third kappa shape index (κ3) is 6.16. The van der Waals surface area contributed by atoms with Gasteiger partial charge in [-0.05, 0) is 78.4 Å². The van der Waals surface area contributed by atoms with Gasteiger partial charge in [-0.3, -0.25) is 0 Å². The van der Waals surface area contributed by atoms with Crippen LogP contribution in [0.2, 0.25) is 5.02 Å². The molecule has 0 spiro atoms. The molecule has 35 heavy (non-hydrogen) atoms. The normalized spacial score (nSPS) is 12.3. The van der Waals surface area contributed by atoms with Crippen LogP contribution in [0.1, 0.15) is 17.2 Å². The zero-order valence-corrected chi connectivity index (χ0v) is 19.6. The zero-order chi connectivity index (χ0) is 25.0. The molecule has 11 heteroatoms. The summed E-state index contributed by atoms with van der Waals surface area (Å²) in [6, 6.07) is 18.5. The van der Waals surface area contributed by atoms with Crippen LogP contribution in [0.25, 0.3) is 17.1 Å². The average Bonchev–Trinajstić information content (AvgIpc) is 3.33. The number of alkyl halides is 3. The molecule has 6 nitrogen and oxygen atoms in total. The zero-order valence-electron chi connectivity index (χ0n) is 18.0. The summed E-state index contributed by atoms with van der Waals surface area (Å²) in [6.45, 7) is -0.157. The number of aliphatic hydroxyl groups is 1. The smallest absolute Gasteiger partial charge is 0.394 e. The number of halogens is 4. The van der Waals surface area contributed by atoms with E-state index < -0.39 is 17.8 Å². The lowest BCUT2D eigenvalue weighted by Gasteiger charge is -2.19. The Kier molecular flexibility index (Phi) is 7.34. The molecular formula is C24H19ClF3N5OS. The highest BCUT2D eigenvalue weighted by molar-refractivity contribution is 7.80. The molecule has 4 aromatic rings. The van der Waals surface area contributed by atoms with Crippen LogP contribution in [0.3, 0.4) is 0 Å². The van der Waals surface area contributed by atoms with Gasteiger partial charge in [-0.15, -0.1) is 5.10 Å². The minimum Gasteiger partial charge on any atom is -0.394 e. The Labute approximate surface area is 209 Å². The molecule has 0 bridgehead atoms. The fourth-order valence-corrected chi connectivity index (χ4v) is 3.67. The van der Waals surface area contributed by atoms with Crippen molar-refractivity contribution in [3.8, 4) is 17.1 Å². The molecule has 180 valence electrons. The lowest BCUT2D eigenvalue weighted by molar-refractivity contribution is -0.137. The molecule has 0 aliphatic carbocycles. The number of aliphatic hydroxyl groups excluding tert-OH is 1. The van der Waals surface area contributed by atoms with Crippen LogP contribution in [-0.2, 0) is 6.18 Å². The van der Waals surface area contributed by atoms with Gasteiger partial charge in [0.25, 0.3) is 0 Å². The Balaban J connectivity index is 1.39. The van der Waals surface area contributed by atoms with E-state index in [1.807, 2.05) is 12.1 Å². The van der Waals surface area contributed by atoms with Gasteiger partial charge in [0.15, 0.2) is 10.9 Å². The van der Waals surface area contributed by atoms with E-state index in [9.17, 15) is 18.3 Å². The van der Waals surface area contributed by atoms with Gasteiger partial charge in [0.1, 0.15) is 6.33 Å². The monoisotopic (exact) mass is 517 g/mol. The van der Waals surface area contributed by atoms with Crippen molar-refractivity contribution < 1.29 is 18.3 Å². The second kappa shape index (κ2) is 10.4. The molecule has 3 N–H and O–H groups in total. The van der Waals surface area contributed by atoms with Crippen molar-refractivity contribution in [3.63, 3.8) is 0 Å². The van der Waals surface area contributed by atoms with E-state index in [0.717, 1.165) is 23.3 Å². The van der Waals surface area contributed by atoms with Crippen molar-refractivity contribution in [3.05, 3.63) is 95.3 Å².